The van der Waals surface area contributed by atoms with Crippen LogP contribution in [0.25, 0.3) is 21.8 Å². The van der Waals surface area contributed by atoms with Crippen LogP contribution in [0.2, 0.25) is 0 Å². The van der Waals surface area contributed by atoms with E-state index in [2.05, 4.69) is 264 Å². The van der Waals surface area contributed by atoms with Crippen molar-refractivity contribution in [2.24, 2.45) is 0 Å². The minimum absolute atomic E-state index is 0.112. The van der Waals surface area contributed by atoms with E-state index in [1.807, 2.05) is 49.4 Å². The fourth-order valence-electron chi connectivity index (χ4n) is 7.65. The number of H-pyrrole nitrogens is 1. The predicted molar refractivity (Wildman–Crippen MR) is 345 cm³/mol. The van der Waals surface area contributed by atoms with Gasteiger partial charge < -0.3 is 28.8 Å². The van der Waals surface area contributed by atoms with Crippen LogP contribution in [0.4, 0.5) is 0 Å². The van der Waals surface area contributed by atoms with Crippen LogP contribution in [-0.4, -0.2) is 38.2 Å². The van der Waals surface area contributed by atoms with Crippen LogP contribution >= 0.6 is 0 Å². The lowest BCUT2D eigenvalue weighted by molar-refractivity contribution is -0.153. The van der Waals surface area contributed by atoms with E-state index >= 15 is 0 Å². The second kappa shape index (κ2) is 37.9. The molecule has 0 aliphatic carbocycles. The molecule has 3 aromatic carbocycles. The molecule has 1 unspecified atom stereocenters. The zero-order chi connectivity index (χ0) is 64.4. The van der Waals surface area contributed by atoms with Crippen LogP contribution in [0.3, 0.4) is 0 Å². The molecule has 0 radical (unpaired) electrons. The number of para-hydroxylation sites is 1. The third-order valence-electron chi connectivity index (χ3n) is 11.3. The summed E-state index contributed by atoms with van der Waals surface area (Å²) in [7, 11) is 0. The molecule has 6 rings (SSSR count). The van der Waals surface area contributed by atoms with E-state index in [4.69, 9.17) is 31.8 Å². The normalized spacial score (nSPS) is 11.1. The Labute approximate surface area is 527 Å². The Morgan fingerprint density at radius 3 is 1.48 bits per heavy atom. The number of amides is 1. The molecule has 1 aliphatic heterocycles. The van der Waals surface area contributed by atoms with Crippen molar-refractivity contribution in [2.45, 2.75) is 71.1 Å². The predicted octanol–water partition coefficient (Wildman–Crippen LogP) is 4.71. The number of esters is 1. The summed E-state index contributed by atoms with van der Waals surface area (Å²) < 4.78 is 26.8. The third-order valence-corrected chi connectivity index (χ3v) is 11.3. The summed E-state index contributed by atoms with van der Waals surface area (Å²) in [6.45, 7) is 4.00. The van der Waals surface area contributed by atoms with E-state index in [1.54, 1.807) is 25.1 Å². The van der Waals surface area contributed by atoms with E-state index in [0.29, 0.717) is 30.0 Å². The number of ether oxygens (including phenoxy) is 4. The van der Waals surface area contributed by atoms with Gasteiger partial charge >= 0.3 is 11.7 Å². The molecule has 1 saturated heterocycles. The second-order valence-corrected chi connectivity index (χ2v) is 17.3. The number of hydrogen-bond acceptors (Lipinski definition) is 8. The summed E-state index contributed by atoms with van der Waals surface area (Å²) >= 11 is 0. The van der Waals surface area contributed by atoms with Crippen molar-refractivity contribution >= 4 is 33.7 Å². The van der Waals surface area contributed by atoms with Crippen molar-refractivity contribution in [3.63, 3.8) is 0 Å². The van der Waals surface area contributed by atoms with E-state index in [9.17, 15) is 19.2 Å². The quantitative estimate of drug-likeness (QED) is 0.135. The fraction of sp³-hybridized carbons (Fsp3) is 0.139. The number of aromatic nitrogens is 3. The number of rotatable bonds is 12. The van der Waals surface area contributed by atoms with Gasteiger partial charge in [-0.25, -0.2) is 4.79 Å². The fourth-order valence-corrected chi connectivity index (χ4v) is 7.65. The van der Waals surface area contributed by atoms with Crippen molar-refractivity contribution in [1.29, 1.82) is 0 Å². The molecule has 12 heteroatoms. The lowest BCUT2D eigenvalue weighted by Crippen LogP contribution is -2.33. The molecule has 5 aromatic rings. The van der Waals surface area contributed by atoms with Gasteiger partial charge in [0.2, 0.25) is 5.91 Å². The first-order valence-electron chi connectivity index (χ1n) is 26.5. The highest BCUT2D eigenvalue weighted by atomic mass is 16.6. The molecular formula is C79H36N4O8. The molecule has 12 nitrogen and oxygen atoms in total. The monoisotopic (exact) mass is 1170 g/mol. The van der Waals surface area contributed by atoms with Gasteiger partial charge in [-0.2, -0.15) is 0 Å². The third kappa shape index (κ3) is 23.3. The van der Waals surface area contributed by atoms with E-state index in [1.165, 1.54) is 10.8 Å². The van der Waals surface area contributed by atoms with Crippen LogP contribution in [0.5, 0.6) is 11.5 Å². The van der Waals surface area contributed by atoms with Gasteiger partial charge in [0.05, 0.1) is 12.5 Å². The minimum atomic E-state index is -0.733. The Bertz CT molecular complexity index is 5220. The molecule has 0 bridgehead atoms. The van der Waals surface area contributed by atoms with Crippen LogP contribution < -0.4 is 26.0 Å². The first-order chi connectivity index (χ1) is 44.7. The van der Waals surface area contributed by atoms with Gasteiger partial charge in [-0.1, -0.05) is 31.2 Å². The number of nitrogens with one attached hydrogen (secondary N) is 2. The van der Waals surface area contributed by atoms with Crippen LogP contribution in [0, 0.1) is 269 Å². The van der Waals surface area contributed by atoms with Crippen molar-refractivity contribution in [3.8, 4) is 273 Å². The molecule has 3 heterocycles. The first-order valence-corrected chi connectivity index (χ1v) is 26.5. The Morgan fingerprint density at radius 1 is 0.560 bits per heavy atom. The Kier molecular flexibility index (Phi) is 27.1. The number of benzene rings is 3. The summed E-state index contributed by atoms with van der Waals surface area (Å²) in [5.74, 6) is 99.5. The highest BCUT2D eigenvalue weighted by molar-refractivity contribution is 6.08. The largest absolute Gasteiger partial charge is 0.459 e. The first kappa shape index (κ1) is 65.1. The molecular weight excluding hydrogens is 1130 g/mol. The summed E-state index contributed by atoms with van der Waals surface area (Å²) in [4.78, 5) is 52.8. The number of nitrogens with zero attached hydrogens (tertiary/aromatic N) is 2. The van der Waals surface area contributed by atoms with Crippen LogP contribution in [0.1, 0.15) is 55.5 Å². The van der Waals surface area contributed by atoms with Gasteiger partial charge in [0.1, 0.15) is 36.0 Å². The molecule has 2 N–H and O–H groups in total. The number of aryl methyl sites for hydroxylation is 1. The maximum atomic E-state index is 13.1. The average Bonchev–Trinajstić information content (AvgIpc) is 1.62. The highest BCUT2D eigenvalue weighted by Gasteiger charge is 2.38. The maximum Gasteiger partial charge on any atom is 0.330 e. The number of hydrogen-bond donors (Lipinski definition) is 2. The smallest absolute Gasteiger partial charge is 0.330 e. The number of terminal acetylenes is 2. The van der Waals surface area contributed by atoms with Gasteiger partial charge in [0.25, 0.3) is 5.56 Å². The molecule has 0 saturated carbocycles. The van der Waals surface area contributed by atoms with Gasteiger partial charge in [0, 0.05) is 208 Å². The van der Waals surface area contributed by atoms with Gasteiger partial charge in [-0.3, -0.25) is 23.9 Å². The number of carbonyl (C=O) groups is 2. The van der Waals surface area contributed by atoms with Gasteiger partial charge in [-0.15, -0.1) is 12.8 Å². The molecule has 3 atom stereocenters. The summed E-state index contributed by atoms with van der Waals surface area (Å²) in [6.07, 6.45) is 15.1. The van der Waals surface area contributed by atoms with Gasteiger partial charge in [-0.05, 0) is 150 Å². The lowest BCUT2D eigenvalue weighted by atomic mass is 10.1. The van der Waals surface area contributed by atoms with Crippen LogP contribution in [-0.2, 0) is 32.2 Å². The molecule has 2 aromatic heterocycles. The SMILES string of the molecule is C#CC#CC#CC#CC#CC#CC#CC#CC#CC#CC#COc1cc(Cn2c3ccccc3c3cc(CNC(=O)CCC(=O)OC4C[C@H](n5cc(C)c(=O)[nH]c5=O)O[C@@H]4CC)ccc32)cc(OC#CC#CC#CC#CC#CC#CC#CC#CC#CC#CC#C)c1. The molecule has 91 heavy (non-hydrogen) atoms. The average molecular weight is 1170 g/mol. The Morgan fingerprint density at radius 2 is 1.01 bits per heavy atom. The number of aromatic amines is 1. The van der Waals surface area contributed by atoms with Crippen LogP contribution in [0.15, 0.2) is 76.4 Å². The van der Waals surface area contributed by atoms with Gasteiger partial charge in [0.15, 0.2) is 0 Å². The molecule has 1 fully saturated rings. The number of fused-ring (bicyclic) bond motifs is 3. The summed E-state index contributed by atoms with van der Waals surface area (Å²) in [5.41, 5.74) is 2.64. The lowest BCUT2D eigenvalue weighted by Gasteiger charge is -2.17. The van der Waals surface area contributed by atoms with Crippen molar-refractivity contribution < 1.29 is 28.5 Å². The summed E-state index contributed by atoms with van der Waals surface area (Å²) in [6, 6.07) is 19.0. The molecule has 1 amide bonds. The molecule has 0 spiro atoms. The van der Waals surface area contributed by atoms with Crippen molar-refractivity contribution in [2.75, 3.05) is 0 Å². The zero-order valence-electron chi connectivity index (χ0n) is 48.1. The number of carbonyl (C=O) groups excluding carboxylic acids is 2. The zero-order valence-corrected chi connectivity index (χ0v) is 48.1. The molecule has 420 valence electrons. The minimum Gasteiger partial charge on any atom is -0.459 e. The van der Waals surface area contributed by atoms with Crippen molar-refractivity contribution in [3.05, 3.63) is 104 Å². The van der Waals surface area contributed by atoms with E-state index in [-0.39, 0.29) is 31.7 Å². The van der Waals surface area contributed by atoms with E-state index in [0.717, 1.165) is 32.9 Å². The molecule has 1 aliphatic rings. The second-order valence-electron chi connectivity index (χ2n) is 17.3. The topological polar surface area (TPSA) is 143 Å². The highest BCUT2D eigenvalue weighted by Crippen LogP contribution is 2.33. The van der Waals surface area contributed by atoms with E-state index < -0.39 is 35.7 Å². The Balaban J connectivity index is 1.12. The Hall–Kier alpha value is -15.0. The summed E-state index contributed by atoms with van der Waals surface area (Å²) in [5, 5.41) is 4.82. The van der Waals surface area contributed by atoms with Crippen molar-refractivity contribution in [1.82, 2.24) is 19.4 Å². The maximum absolute atomic E-state index is 13.1. The standard InChI is InChI=1S/C79H36N4O8/c1-5-8-10-12-14-16-18-20-22-24-26-28-30-32-34-36-38-40-42-46-54-88-67-56-66(57-68(59-67)89-55-47-43-41-39-37-35-33-31-29-27-25-23-21-19-17-15-13-11-9-6-2)63-82-71-49-45-44-48-69(71)70-58-65(50-51-72(70)82)61-80-75(84)52-53-77(85)91-74-60-76(90-73(74)7-3)83-62-64(4)78(86)81-79(83)87/h1-2,44-45,48-51,56-59,62,73-74,76H,7,52-53,60-61,63H2,3-4H3,(H,80,84)(H,81,86,87)/t73-,74?,76-/m1/s1.